The van der Waals surface area contributed by atoms with Gasteiger partial charge in [0.2, 0.25) is 0 Å². The summed E-state index contributed by atoms with van der Waals surface area (Å²) in [5.74, 6) is 0.790. The van der Waals surface area contributed by atoms with Crippen LogP contribution in [0.5, 0.6) is 0 Å². The Hall–Kier alpha value is -4.42. The van der Waals surface area contributed by atoms with Gasteiger partial charge in [-0.05, 0) is 100 Å². The van der Waals surface area contributed by atoms with Gasteiger partial charge in [-0.3, -0.25) is 0 Å². The molecular formula is C40H34. The molecule has 194 valence electrons. The minimum Gasteiger partial charge on any atom is -0.0622 e. The highest BCUT2D eigenvalue weighted by Crippen LogP contribution is 2.47. The van der Waals surface area contributed by atoms with E-state index in [9.17, 15) is 0 Å². The van der Waals surface area contributed by atoms with Gasteiger partial charge in [0.1, 0.15) is 0 Å². The summed E-state index contributed by atoms with van der Waals surface area (Å²) in [5.41, 5.74) is 7.94. The molecule has 0 radical (unpaired) electrons. The van der Waals surface area contributed by atoms with E-state index in [1.807, 2.05) is 0 Å². The van der Waals surface area contributed by atoms with E-state index in [1.165, 1.54) is 76.5 Å². The van der Waals surface area contributed by atoms with Crippen molar-refractivity contribution in [2.75, 3.05) is 0 Å². The molecule has 0 amide bonds. The molecule has 0 aliphatic carbocycles. The Balaban J connectivity index is 1.74. The molecule has 0 atom stereocenters. The molecule has 0 nitrogen and oxygen atoms in total. The van der Waals surface area contributed by atoms with Crippen LogP contribution in [0.1, 0.15) is 50.7 Å². The molecule has 0 fully saturated rings. The van der Waals surface area contributed by atoms with Gasteiger partial charge in [0.05, 0.1) is 0 Å². The molecule has 0 aromatic heterocycles. The molecule has 0 heteroatoms. The Morgan fingerprint density at radius 1 is 0.325 bits per heavy atom. The zero-order valence-corrected chi connectivity index (χ0v) is 23.7. The molecule has 7 aromatic rings. The number of fused-ring (bicyclic) bond motifs is 7. The molecular weight excluding hydrogens is 480 g/mol. The fraction of sp³-hybridized carbons (Fsp3) is 0.150. The molecule has 0 unspecified atom stereocenters. The summed E-state index contributed by atoms with van der Waals surface area (Å²) in [4.78, 5) is 0. The average molecular weight is 515 g/mol. The molecule has 0 heterocycles. The number of rotatable bonds is 4. The summed E-state index contributed by atoms with van der Waals surface area (Å²) in [6, 6.07) is 44.9. The highest BCUT2D eigenvalue weighted by molar-refractivity contribution is 6.30. The van der Waals surface area contributed by atoms with E-state index in [2.05, 4.69) is 149 Å². The lowest BCUT2D eigenvalue weighted by Crippen LogP contribution is -2.01. The van der Waals surface area contributed by atoms with Crippen LogP contribution in [0.25, 0.3) is 65.3 Å². The maximum Gasteiger partial charge on any atom is -0.00549 e. The first-order valence-corrected chi connectivity index (χ1v) is 14.5. The fourth-order valence-electron chi connectivity index (χ4n) is 6.84. The third-order valence-corrected chi connectivity index (χ3v) is 8.53. The van der Waals surface area contributed by atoms with Crippen molar-refractivity contribution in [3.63, 3.8) is 0 Å². The van der Waals surface area contributed by atoms with Crippen LogP contribution < -0.4 is 0 Å². The van der Waals surface area contributed by atoms with Gasteiger partial charge in [0.15, 0.2) is 0 Å². The number of benzene rings is 7. The number of hydrogen-bond donors (Lipinski definition) is 0. The molecule has 0 saturated heterocycles. The third kappa shape index (κ3) is 3.82. The smallest absolute Gasteiger partial charge is 0.00549 e. The summed E-state index contributed by atoms with van der Waals surface area (Å²) in [6.07, 6.45) is 0. The second-order valence-electron chi connectivity index (χ2n) is 11.7. The summed E-state index contributed by atoms with van der Waals surface area (Å²) >= 11 is 0. The second-order valence-corrected chi connectivity index (χ2v) is 11.7. The van der Waals surface area contributed by atoms with Crippen molar-refractivity contribution in [2.24, 2.45) is 0 Å². The SMILES string of the molecule is CC(C)c1c2ccccc2c(C(C)C)c2c3ccc(-c4ccccc4)cc3c3cc(-c4ccccc4)ccc3c12. The molecule has 0 N–H and O–H groups in total. The van der Waals surface area contributed by atoms with Crippen LogP contribution in [0.15, 0.2) is 121 Å². The molecule has 7 rings (SSSR count). The van der Waals surface area contributed by atoms with Crippen molar-refractivity contribution in [3.8, 4) is 22.3 Å². The van der Waals surface area contributed by atoms with Gasteiger partial charge in [-0.2, -0.15) is 0 Å². The third-order valence-electron chi connectivity index (χ3n) is 8.53. The van der Waals surface area contributed by atoms with Crippen LogP contribution in [0.3, 0.4) is 0 Å². The zero-order valence-electron chi connectivity index (χ0n) is 23.7. The average Bonchev–Trinajstić information content (AvgIpc) is 3.00. The zero-order chi connectivity index (χ0) is 27.4. The van der Waals surface area contributed by atoms with Gasteiger partial charge in [0.25, 0.3) is 0 Å². The number of hydrogen-bond acceptors (Lipinski definition) is 0. The van der Waals surface area contributed by atoms with Gasteiger partial charge in [-0.15, -0.1) is 0 Å². The lowest BCUT2D eigenvalue weighted by molar-refractivity contribution is 0.874. The highest BCUT2D eigenvalue weighted by Gasteiger charge is 2.22. The first-order valence-electron chi connectivity index (χ1n) is 14.5. The monoisotopic (exact) mass is 514 g/mol. The van der Waals surface area contributed by atoms with E-state index in [0.717, 1.165) is 0 Å². The van der Waals surface area contributed by atoms with Gasteiger partial charge < -0.3 is 0 Å². The standard InChI is InChI=1S/C40H34/c1-25(2)37-31-17-11-12-18-32(31)38(26(3)4)40-34-22-20-30(28-15-9-6-10-16-28)24-36(34)35-23-29(19-21-33(35)39(37)40)27-13-7-5-8-14-27/h5-26H,1-4H3. The van der Waals surface area contributed by atoms with Crippen molar-refractivity contribution in [1.82, 2.24) is 0 Å². The normalized spacial score (nSPS) is 11.9. The Labute approximate surface area is 236 Å². The Morgan fingerprint density at radius 3 is 1.07 bits per heavy atom. The molecule has 0 spiro atoms. The van der Waals surface area contributed by atoms with E-state index in [4.69, 9.17) is 0 Å². The van der Waals surface area contributed by atoms with E-state index >= 15 is 0 Å². The minimum absolute atomic E-state index is 0.395. The van der Waals surface area contributed by atoms with Crippen LogP contribution in [0.4, 0.5) is 0 Å². The van der Waals surface area contributed by atoms with Crippen LogP contribution >= 0.6 is 0 Å². The Kier molecular flexibility index (Phi) is 5.93. The topological polar surface area (TPSA) is 0 Å². The summed E-state index contributed by atoms with van der Waals surface area (Å²) in [5, 5.41) is 11.0. The van der Waals surface area contributed by atoms with Crippen LogP contribution in [-0.2, 0) is 0 Å². The van der Waals surface area contributed by atoms with E-state index in [1.54, 1.807) is 0 Å². The quantitative estimate of drug-likeness (QED) is 0.162. The molecule has 40 heavy (non-hydrogen) atoms. The molecule has 0 aliphatic heterocycles. The first-order chi connectivity index (χ1) is 19.5. The first kappa shape index (κ1) is 24.6. The summed E-state index contributed by atoms with van der Waals surface area (Å²) in [6.45, 7) is 9.40. The lowest BCUT2D eigenvalue weighted by atomic mass is 9.79. The van der Waals surface area contributed by atoms with Crippen molar-refractivity contribution < 1.29 is 0 Å². The minimum atomic E-state index is 0.395. The molecule has 0 saturated carbocycles. The maximum atomic E-state index is 2.43. The molecule has 7 aromatic carbocycles. The largest absolute Gasteiger partial charge is 0.0622 e. The van der Waals surface area contributed by atoms with Crippen molar-refractivity contribution >= 4 is 43.1 Å². The van der Waals surface area contributed by atoms with E-state index in [-0.39, 0.29) is 0 Å². The van der Waals surface area contributed by atoms with Crippen LogP contribution in [0.2, 0.25) is 0 Å². The lowest BCUT2D eigenvalue weighted by Gasteiger charge is -2.24. The van der Waals surface area contributed by atoms with Crippen LogP contribution in [-0.4, -0.2) is 0 Å². The molecule has 0 bridgehead atoms. The fourth-order valence-corrected chi connectivity index (χ4v) is 6.84. The van der Waals surface area contributed by atoms with E-state index in [0.29, 0.717) is 11.8 Å². The molecule has 0 aliphatic rings. The van der Waals surface area contributed by atoms with Gasteiger partial charge in [-0.25, -0.2) is 0 Å². The van der Waals surface area contributed by atoms with Crippen molar-refractivity contribution in [1.29, 1.82) is 0 Å². The maximum absolute atomic E-state index is 2.43. The van der Waals surface area contributed by atoms with Crippen molar-refractivity contribution in [3.05, 3.63) is 132 Å². The summed E-state index contributed by atoms with van der Waals surface area (Å²) in [7, 11) is 0. The van der Waals surface area contributed by atoms with Gasteiger partial charge in [0, 0.05) is 0 Å². The van der Waals surface area contributed by atoms with Crippen LogP contribution in [0, 0.1) is 0 Å². The van der Waals surface area contributed by atoms with Crippen molar-refractivity contribution in [2.45, 2.75) is 39.5 Å². The highest BCUT2D eigenvalue weighted by atomic mass is 14.3. The predicted octanol–water partition coefficient (Wildman–Crippen LogP) is 11.9. The van der Waals surface area contributed by atoms with Gasteiger partial charge >= 0.3 is 0 Å². The second kappa shape index (κ2) is 9.65. The van der Waals surface area contributed by atoms with E-state index < -0.39 is 0 Å². The predicted molar refractivity (Wildman–Crippen MR) is 176 cm³/mol. The summed E-state index contributed by atoms with van der Waals surface area (Å²) < 4.78 is 0. The Morgan fingerprint density at radius 2 is 0.700 bits per heavy atom. The van der Waals surface area contributed by atoms with Gasteiger partial charge in [-0.1, -0.05) is 137 Å². The Bertz CT molecular complexity index is 1880.